The Hall–Kier alpha value is -0.610. The average molecular weight is 227 g/mol. The molecule has 0 aliphatic heterocycles. The lowest BCUT2D eigenvalue weighted by atomic mass is 9.93. The van der Waals surface area contributed by atoms with Crippen LogP contribution in [0.15, 0.2) is 6.20 Å². The third kappa shape index (κ3) is 3.47. The van der Waals surface area contributed by atoms with Crippen molar-refractivity contribution in [3.05, 3.63) is 16.7 Å². The van der Waals surface area contributed by atoms with Crippen LogP contribution in [-0.4, -0.2) is 35.1 Å². The number of aryl methyl sites for hydroxylation is 1. The minimum Gasteiger partial charge on any atom is -0.337 e. The Bertz CT molecular complexity index is 373. The zero-order chi connectivity index (χ0) is 11.6. The highest BCUT2D eigenvalue weighted by molar-refractivity contribution is 7.71. The Morgan fingerprint density at radius 2 is 2.07 bits per heavy atom. The molecule has 86 valence electrons. The third-order valence-corrected chi connectivity index (χ3v) is 2.74. The first-order chi connectivity index (χ1) is 6.82. The maximum atomic E-state index is 5.25. The van der Waals surface area contributed by atoms with Crippen LogP contribution < -0.4 is 0 Å². The molecular formula is C11H21N3S. The highest BCUT2D eigenvalue weighted by Gasteiger charge is 2.20. The maximum Gasteiger partial charge on any atom is 0.177 e. The summed E-state index contributed by atoms with van der Waals surface area (Å²) in [7, 11) is 4.20. The second-order valence-electron chi connectivity index (χ2n) is 5.22. The first kappa shape index (κ1) is 12.5. The Kier molecular flexibility index (Phi) is 3.73. The highest BCUT2D eigenvalue weighted by Crippen LogP contribution is 2.20. The molecule has 0 saturated heterocycles. The van der Waals surface area contributed by atoms with E-state index < -0.39 is 0 Å². The summed E-state index contributed by atoms with van der Waals surface area (Å²) in [5.74, 6) is 0. The zero-order valence-electron chi connectivity index (χ0n) is 10.3. The summed E-state index contributed by atoms with van der Waals surface area (Å²) >= 11 is 5.25. The lowest BCUT2D eigenvalue weighted by Crippen LogP contribution is -2.32. The smallest absolute Gasteiger partial charge is 0.177 e. The molecule has 1 N–H and O–H groups in total. The standard InChI is InChI=1S/C11H21N3S/c1-9-6-12-10(15)14(9)8-11(2,3)7-13(4)5/h6H,7-8H2,1-5H3,(H,12,15). The number of aromatic amines is 1. The van der Waals surface area contributed by atoms with Crippen molar-refractivity contribution in [2.24, 2.45) is 5.41 Å². The number of imidazole rings is 1. The number of H-pyrrole nitrogens is 1. The average Bonchev–Trinajstić information content (AvgIpc) is 2.33. The monoisotopic (exact) mass is 227 g/mol. The second-order valence-corrected chi connectivity index (χ2v) is 5.61. The van der Waals surface area contributed by atoms with Crippen LogP contribution in [0.1, 0.15) is 19.5 Å². The summed E-state index contributed by atoms with van der Waals surface area (Å²) in [5.41, 5.74) is 1.43. The van der Waals surface area contributed by atoms with E-state index in [1.54, 1.807) is 0 Å². The predicted octanol–water partition coefficient (Wildman–Crippen LogP) is 2.44. The summed E-state index contributed by atoms with van der Waals surface area (Å²) in [6.07, 6.45) is 1.97. The minimum atomic E-state index is 0.231. The van der Waals surface area contributed by atoms with Gasteiger partial charge in [-0.2, -0.15) is 0 Å². The molecular weight excluding hydrogens is 206 g/mol. The molecule has 0 aliphatic rings. The minimum absolute atomic E-state index is 0.231. The summed E-state index contributed by atoms with van der Waals surface area (Å²) in [6, 6.07) is 0. The summed E-state index contributed by atoms with van der Waals surface area (Å²) in [6.45, 7) is 8.62. The molecule has 0 fully saturated rings. The van der Waals surface area contributed by atoms with Gasteiger partial charge in [0, 0.05) is 25.0 Å². The van der Waals surface area contributed by atoms with E-state index in [9.17, 15) is 0 Å². The fourth-order valence-electron chi connectivity index (χ4n) is 2.01. The number of hydrogen-bond acceptors (Lipinski definition) is 2. The van der Waals surface area contributed by atoms with Crippen molar-refractivity contribution in [2.75, 3.05) is 20.6 Å². The predicted molar refractivity (Wildman–Crippen MR) is 66.7 cm³/mol. The zero-order valence-corrected chi connectivity index (χ0v) is 11.1. The summed E-state index contributed by atoms with van der Waals surface area (Å²) in [5, 5.41) is 0. The molecule has 0 aromatic carbocycles. The van der Waals surface area contributed by atoms with Gasteiger partial charge in [-0.3, -0.25) is 0 Å². The quantitative estimate of drug-likeness (QED) is 0.799. The first-order valence-corrected chi connectivity index (χ1v) is 5.62. The molecule has 0 saturated carbocycles. The lowest BCUT2D eigenvalue weighted by Gasteiger charge is -2.29. The fraction of sp³-hybridized carbons (Fsp3) is 0.727. The van der Waals surface area contributed by atoms with Crippen molar-refractivity contribution in [2.45, 2.75) is 27.3 Å². The van der Waals surface area contributed by atoms with Gasteiger partial charge in [0.2, 0.25) is 0 Å². The SMILES string of the molecule is Cc1c[nH]c(=S)n1CC(C)(C)CN(C)C. The molecule has 4 heteroatoms. The van der Waals surface area contributed by atoms with E-state index >= 15 is 0 Å². The van der Waals surface area contributed by atoms with Gasteiger partial charge in [-0.05, 0) is 38.7 Å². The molecule has 0 bridgehead atoms. The van der Waals surface area contributed by atoms with Gasteiger partial charge >= 0.3 is 0 Å². The number of nitrogens with one attached hydrogen (secondary N) is 1. The lowest BCUT2D eigenvalue weighted by molar-refractivity contribution is 0.209. The first-order valence-electron chi connectivity index (χ1n) is 5.21. The molecule has 1 heterocycles. The molecule has 0 radical (unpaired) electrons. The molecule has 0 aliphatic carbocycles. The molecule has 0 amide bonds. The molecule has 3 nitrogen and oxygen atoms in total. The maximum absolute atomic E-state index is 5.25. The van der Waals surface area contributed by atoms with E-state index in [1.165, 1.54) is 5.69 Å². The van der Waals surface area contributed by atoms with Crippen molar-refractivity contribution in [3.63, 3.8) is 0 Å². The van der Waals surface area contributed by atoms with Gasteiger partial charge in [-0.25, -0.2) is 0 Å². The molecule has 15 heavy (non-hydrogen) atoms. The number of nitrogens with zero attached hydrogens (tertiary/aromatic N) is 2. The van der Waals surface area contributed by atoms with Crippen molar-refractivity contribution >= 4 is 12.2 Å². The van der Waals surface area contributed by atoms with Crippen LogP contribution in [-0.2, 0) is 6.54 Å². The Labute approximate surface area is 97.1 Å². The van der Waals surface area contributed by atoms with Gasteiger partial charge in [0.25, 0.3) is 0 Å². The van der Waals surface area contributed by atoms with Gasteiger partial charge in [0.1, 0.15) is 0 Å². The summed E-state index contributed by atoms with van der Waals surface area (Å²) in [4.78, 5) is 5.29. The van der Waals surface area contributed by atoms with Crippen LogP contribution in [0.3, 0.4) is 0 Å². The highest BCUT2D eigenvalue weighted by atomic mass is 32.1. The Balaban J connectivity index is 2.81. The molecule has 0 spiro atoms. The van der Waals surface area contributed by atoms with Gasteiger partial charge in [0.15, 0.2) is 4.77 Å². The van der Waals surface area contributed by atoms with E-state index in [-0.39, 0.29) is 5.41 Å². The van der Waals surface area contributed by atoms with Gasteiger partial charge in [-0.15, -0.1) is 0 Å². The van der Waals surface area contributed by atoms with Crippen LogP contribution in [0.25, 0.3) is 0 Å². The molecule has 0 atom stereocenters. The van der Waals surface area contributed by atoms with Crippen LogP contribution in [0, 0.1) is 17.1 Å². The van der Waals surface area contributed by atoms with E-state index in [4.69, 9.17) is 12.2 Å². The molecule has 1 aromatic rings. The van der Waals surface area contributed by atoms with Gasteiger partial charge in [0.05, 0.1) is 0 Å². The molecule has 0 unspecified atom stereocenters. The van der Waals surface area contributed by atoms with Crippen LogP contribution >= 0.6 is 12.2 Å². The largest absolute Gasteiger partial charge is 0.337 e. The van der Waals surface area contributed by atoms with Crippen molar-refractivity contribution in [3.8, 4) is 0 Å². The van der Waals surface area contributed by atoms with Crippen molar-refractivity contribution in [1.29, 1.82) is 0 Å². The normalized spacial score (nSPS) is 12.4. The Morgan fingerprint density at radius 1 is 1.47 bits per heavy atom. The van der Waals surface area contributed by atoms with E-state index in [1.807, 2.05) is 6.20 Å². The van der Waals surface area contributed by atoms with Crippen molar-refractivity contribution in [1.82, 2.24) is 14.5 Å². The van der Waals surface area contributed by atoms with Crippen LogP contribution in [0.4, 0.5) is 0 Å². The molecule has 1 rings (SSSR count). The third-order valence-electron chi connectivity index (χ3n) is 2.41. The summed E-state index contributed by atoms with van der Waals surface area (Å²) < 4.78 is 2.98. The number of aromatic nitrogens is 2. The van der Waals surface area contributed by atoms with Gasteiger partial charge in [-0.1, -0.05) is 13.8 Å². The molecule has 1 aromatic heterocycles. The Morgan fingerprint density at radius 3 is 2.47 bits per heavy atom. The number of rotatable bonds is 4. The van der Waals surface area contributed by atoms with E-state index in [0.29, 0.717) is 0 Å². The van der Waals surface area contributed by atoms with Gasteiger partial charge < -0.3 is 14.5 Å². The van der Waals surface area contributed by atoms with E-state index in [2.05, 4.69) is 49.3 Å². The second kappa shape index (κ2) is 4.49. The van der Waals surface area contributed by atoms with Crippen LogP contribution in [0.5, 0.6) is 0 Å². The number of hydrogen-bond donors (Lipinski definition) is 1. The van der Waals surface area contributed by atoms with E-state index in [0.717, 1.165) is 17.9 Å². The van der Waals surface area contributed by atoms with Crippen LogP contribution in [0.2, 0.25) is 0 Å². The van der Waals surface area contributed by atoms with Crippen molar-refractivity contribution < 1.29 is 0 Å². The fourth-order valence-corrected chi connectivity index (χ4v) is 2.28. The topological polar surface area (TPSA) is 24.0 Å².